The molecule has 0 saturated carbocycles. The summed E-state index contributed by atoms with van der Waals surface area (Å²) in [6.07, 6.45) is 0.0618. The minimum Gasteiger partial charge on any atom is -0.480 e. The van der Waals surface area contributed by atoms with Gasteiger partial charge in [0, 0.05) is 13.1 Å². The third-order valence-corrected chi connectivity index (χ3v) is 6.24. The summed E-state index contributed by atoms with van der Waals surface area (Å²) in [5, 5.41) is 19.6. The SMILES string of the molecule is CCC(C(=O)O)N(C)S(=O)(=O)c1cc([N+](=O)[O-])c(Cl)s1. The number of rotatable bonds is 6. The van der Waals surface area contributed by atoms with E-state index >= 15 is 0 Å². The predicted molar refractivity (Wildman–Crippen MR) is 72.6 cm³/mol. The van der Waals surface area contributed by atoms with Crippen molar-refractivity contribution in [3.05, 3.63) is 20.5 Å². The molecule has 11 heteroatoms. The summed E-state index contributed by atoms with van der Waals surface area (Å²) >= 11 is 6.12. The van der Waals surface area contributed by atoms with Gasteiger partial charge >= 0.3 is 5.97 Å². The van der Waals surface area contributed by atoms with Crippen LogP contribution in [0.15, 0.2) is 10.3 Å². The lowest BCUT2D eigenvalue weighted by molar-refractivity contribution is -0.384. The van der Waals surface area contributed by atoms with Gasteiger partial charge in [-0.1, -0.05) is 18.5 Å². The lowest BCUT2D eigenvalue weighted by Crippen LogP contribution is -2.41. The Hall–Kier alpha value is -1.23. The Kier molecular flexibility index (Phi) is 5.08. The average molecular weight is 343 g/mol. The van der Waals surface area contributed by atoms with Crippen LogP contribution in [0, 0.1) is 10.1 Å². The van der Waals surface area contributed by atoms with Crippen LogP contribution in [0.2, 0.25) is 4.34 Å². The van der Waals surface area contributed by atoms with Gasteiger partial charge in [-0.25, -0.2) is 8.42 Å². The van der Waals surface area contributed by atoms with E-state index in [0.29, 0.717) is 15.6 Å². The van der Waals surface area contributed by atoms with Crippen LogP contribution in [0.1, 0.15) is 13.3 Å². The smallest absolute Gasteiger partial charge is 0.321 e. The van der Waals surface area contributed by atoms with Gasteiger partial charge < -0.3 is 5.11 Å². The number of carboxylic acid groups (broad SMARTS) is 1. The van der Waals surface area contributed by atoms with Crippen LogP contribution in [-0.4, -0.2) is 41.8 Å². The minimum atomic E-state index is -4.15. The third-order valence-electron chi connectivity index (χ3n) is 2.59. The number of sulfonamides is 1. The first-order valence-corrected chi connectivity index (χ1v) is 7.91. The van der Waals surface area contributed by atoms with Crippen LogP contribution < -0.4 is 0 Å². The molecule has 8 nitrogen and oxygen atoms in total. The van der Waals surface area contributed by atoms with Crippen LogP contribution in [0.4, 0.5) is 5.69 Å². The number of nitrogens with zero attached hydrogens (tertiary/aromatic N) is 2. The summed E-state index contributed by atoms with van der Waals surface area (Å²) in [4.78, 5) is 20.8. The van der Waals surface area contributed by atoms with Gasteiger partial charge in [-0.3, -0.25) is 14.9 Å². The van der Waals surface area contributed by atoms with Crippen molar-refractivity contribution in [3.63, 3.8) is 0 Å². The number of hydrogen-bond acceptors (Lipinski definition) is 6. The highest BCUT2D eigenvalue weighted by Crippen LogP contribution is 2.37. The molecule has 1 heterocycles. The molecular formula is C9H11ClN2O6S2. The maximum atomic E-state index is 12.2. The van der Waals surface area contributed by atoms with Crippen LogP contribution >= 0.6 is 22.9 Å². The first-order chi connectivity index (χ1) is 9.12. The molecule has 0 aliphatic rings. The van der Waals surface area contributed by atoms with Gasteiger partial charge in [-0.2, -0.15) is 4.31 Å². The van der Waals surface area contributed by atoms with Gasteiger partial charge in [0.1, 0.15) is 10.3 Å². The van der Waals surface area contributed by atoms with E-state index in [1.165, 1.54) is 6.92 Å². The molecule has 1 rings (SSSR count). The average Bonchev–Trinajstić information content (AvgIpc) is 2.72. The topological polar surface area (TPSA) is 118 Å². The van der Waals surface area contributed by atoms with Crippen molar-refractivity contribution in [1.29, 1.82) is 0 Å². The van der Waals surface area contributed by atoms with Crippen LogP contribution in [-0.2, 0) is 14.8 Å². The number of hydrogen-bond donors (Lipinski definition) is 1. The molecule has 0 aromatic carbocycles. The summed E-state index contributed by atoms with van der Waals surface area (Å²) in [5.41, 5.74) is -0.521. The van der Waals surface area contributed by atoms with Crippen molar-refractivity contribution in [1.82, 2.24) is 4.31 Å². The summed E-state index contributed by atoms with van der Waals surface area (Å²) < 4.78 is 24.5. The monoisotopic (exact) mass is 342 g/mol. The van der Waals surface area contributed by atoms with E-state index < -0.39 is 32.6 Å². The predicted octanol–water partition coefficient (Wildman–Crippen LogP) is 1.79. The molecule has 0 bridgehead atoms. The fraction of sp³-hybridized carbons (Fsp3) is 0.444. The second-order valence-electron chi connectivity index (χ2n) is 3.77. The number of aliphatic carboxylic acids is 1. The summed E-state index contributed by atoms with van der Waals surface area (Å²) in [6.45, 7) is 1.52. The van der Waals surface area contributed by atoms with Crippen molar-refractivity contribution in [2.75, 3.05) is 7.05 Å². The molecule has 112 valence electrons. The molecule has 1 aromatic heterocycles. The Morgan fingerprint density at radius 2 is 2.20 bits per heavy atom. The zero-order valence-electron chi connectivity index (χ0n) is 10.4. The quantitative estimate of drug-likeness (QED) is 0.622. The maximum absolute atomic E-state index is 12.2. The first kappa shape index (κ1) is 16.8. The van der Waals surface area contributed by atoms with Gasteiger partial charge in [0.25, 0.3) is 15.7 Å². The van der Waals surface area contributed by atoms with Gasteiger partial charge in [0.2, 0.25) is 0 Å². The number of likely N-dealkylation sites (N-methyl/N-ethyl adjacent to an activating group) is 1. The highest BCUT2D eigenvalue weighted by Gasteiger charge is 2.34. The zero-order chi connectivity index (χ0) is 15.7. The maximum Gasteiger partial charge on any atom is 0.321 e. The third kappa shape index (κ3) is 3.08. The first-order valence-electron chi connectivity index (χ1n) is 5.27. The summed E-state index contributed by atoms with van der Waals surface area (Å²) in [7, 11) is -3.04. The highest BCUT2D eigenvalue weighted by molar-refractivity contribution is 7.91. The van der Waals surface area contributed by atoms with E-state index in [9.17, 15) is 23.3 Å². The fourth-order valence-corrected chi connectivity index (χ4v) is 4.72. The highest BCUT2D eigenvalue weighted by atomic mass is 35.5. The van der Waals surface area contributed by atoms with Gasteiger partial charge in [-0.15, -0.1) is 11.3 Å². The molecule has 0 spiro atoms. The Morgan fingerprint density at radius 3 is 2.55 bits per heavy atom. The number of carbonyl (C=O) groups is 1. The van der Waals surface area contributed by atoms with Gasteiger partial charge in [0.05, 0.1) is 4.92 Å². The number of halogens is 1. The molecule has 0 amide bonds. The summed E-state index contributed by atoms with van der Waals surface area (Å²) in [6, 6.07) is -0.423. The largest absolute Gasteiger partial charge is 0.480 e. The van der Waals surface area contributed by atoms with E-state index in [4.69, 9.17) is 16.7 Å². The molecule has 0 saturated heterocycles. The van der Waals surface area contributed by atoms with E-state index in [0.717, 1.165) is 13.1 Å². The van der Waals surface area contributed by atoms with Crippen molar-refractivity contribution in [3.8, 4) is 0 Å². The van der Waals surface area contributed by atoms with E-state index in [1.54, 1.807) is 0 Å². The van der Waals surface area contributed by atoms with Crippen LogP contribution in [0.5, 0.6) is 0 Å². The molecule has 0 aliphatic carbocycles. The van der Waals surface area contributed by atoms with Crippen LogP contribution in [0.25, 0.3) is 0 Å². The van der Waals surface area contributed by atoms with E-state index in [1.807, 2.05) is 0 Å². The van der Waals surface area contributed by atoms with Crippen molar-refractivity contribution < 1.29 is 23.2 Å². The molecule has 1 unspecified atom stereocenters. The second-order valence-corrected chi connectivity index (χ2v) is 7.64. The van der Waals surface area contributed by atoms with Crippen LogP contribution in [0.3, 0.4) is 0 Å². The van der Waals surface area contributed by atoms with Crippen molar-refractivity contribution in [2.45, 2.75) is 23.6 Å². The van der Waals surface area contributed by atoms with Gasteiger partial charge in [0.15, 0.2) is 4.34 Å². The number of carboxylic acids is 1. The fourth-order valence-electron chi connectivity index (χ4n) is 1.49. The molecule has 0 fully saturated rings. The molecule has 1 aromatic rings. The van der Waals surface area contributed by atoms with E-state index in [-0.39, 0.29) is 15.0 Å². The lowest BCUT2D eigenvalue weighted by Gasteiger charge is -2.22. The number of nitro groups is 1. The molecule has 0 aliphatic heterocycles. The number of thiophene rings is 1. The van der Waals surface area contributed by atoms with E-state index in [2.05, 4.69) is 0 Å². The molecule has 0 radical (unpaired) electrons. The zero-order valence-corrected chi connectivity index (χ0v) is 12.8. The molecule has 1 N–H and O–H groups in total. The van der Waals surface area contributed by atoms with Crippen molar-refractivity contribution >= 4 is 44.6 Å². The molecule has 1 atom stereocenters. The normalized spacial score (nSPS) is 13.4. The Morgan fingerprint density at radius 1 is 1.65 bits per heavy atom. The van der Waals surface area contributed by atoms with Gasteiger partial charge in [-0.05, 0) is 6.42 Å². The van der Waals surface area contributed by atoms with Crippen molar-refractivity contribution in [2.24, 2.45) is 0 Å². The Labute approximate surface area is 123 Å². The minimum absolute atomic E-state index is 0.0618. The lowest BCUT2D eigenvalue weighted by atomic mass is 10.2. The Bertz CT molecular complexity index is 641. The molecule has 20 heavy (non-hydrogen) atoms. The second kappa shape index (κ2) is 6.04. The standard InChI is InChI=1S/C9H11ClN2O6S2/c1-3-5(9(13)14)11(2)20(17,18)7-4-6(12(15)16)8(10)19-7/h4-5H,3H2,1-2H3,(H,13,14). The Balaban J connectivity index is 3.26. The molecular weight excluding hydrogens is 332 g/mol. The summed E-state index contributed by atoms with van der Waals surface area (Å²) in [5.74, 6) is -1.30.